The molecule has 2 aliphatic rings. The Morgan fingerprint density at radius 1 is 1.02 bits per heavy atom. The van der Waals surface area contributed by atoms with Gasteiger partial charge in [0.1, 0.15) is 17.7 Å². The molecule has 14 heteroatoms. The summed E-state index contributed by atoms with van der Waals surface area (Å²) < 4.78 is 114. The third kappa shape index (κ3) is 9.15. The summed E-state index contributed by atoms with van der Waals surface area (Å²) in [4.78, 5) is 16.1. The summed E-state index contributed by atoms with van der Waals surface area (Å²) in [6.45, 7) is 9.47. The quantitative estimate of drug-likeness (QED) is 0.181. The Morgan fingerprint density at radius 2 is 1.71 bits per heavy atom. The lowest BCUT2D eigenvalue weighted by Gasteiger charge is -2.34. The van der Waals surface area contributed by atoms with Crippen LogP contribution >= 0.6 is 0 Å². The van der Waals surface area contributed by atoms with Gasteiger partial charge in [-0.1, -0.05) is 13.8 Å². The van der Waals surface area contributed by atoms with Crippen molar-refractivity contribution in [1.82, 2.24) is 4.90 Å². The fourth-order valence-corrected chi connectivity index (χ4v) is 5.43. The predicted octanol–water partition coefficient (Wildman–Crippen LogP) is 8.22. The molecule has 2 fully saturated rings. The molecule has 0 saturated carbocycles. The highest BCUT2D eigenvalue weighted by molar-refractivity contribution is 5.72. The summed E-state index contributed by atoms with van der Waals surface area (Å²) in [5.41, 5.74) is -0.615. The van der Waals surface area contributed by atoms with Gasteiger partial charge in [0.15, 0.2) is 6.29 Å². The van der Waals surface area contributed by atoms with E-state index in [0.29, 0.717) is 62.5 Å². The summed E-state index contributed by atoms with van der Waals surface area (Å²) in [5, 5.41) is 0. The zero-order valence-corrected chi connectivity index (χ0v) is 25.4. The summed E-state index contributed by atoms with van der Waals surface area (Å²) in [5.74, 6) is -1.65. The molecule has 0 unspecified atom stereocenters. The molecule has 4 rings (SSSR count). The summed E-state index contributed by atoms with van der Waals surface area (Å²) in [6.07, 6.45) is -10.1. The molecule has 45 heavy (non-hydrogen) atoms. The molecule has 0 aromatic heterocycles. The monoisotopic (exact) mass is 650 g/mol. The van der Waals surface area contributed by atoms with E-state index < -0.39 is 47.9 Å². The minimum atomic E-state index is -4.96. The Labute approximate surface area is 257 Å². The van der Waals surface area contributed by atoms with Crippen molar-refractivity contribution in [2.45, 2.75) is 84.5 Å². The van der Waals surface area contributed by atoms with Gasteiger partial charge in [0.05, 0.1) is 31.4 Å². The Hall–Kier alpha value is -3.26. The molecular weight excluding hydrogens is 613 g/mol. The maximum absolute atomic E-state index is 14.1. The molecule has 0 N–H and O–H groups in total. The van der Waals surface area contributed by atoms with Crippen LogP contribution in [0, 0.1) is 11.2 Å². The highest BCUT2D eigenvalue weighted by Gasteiger charge is 2.42. The van der Waals surface area contributed by atoms with Gasteiger partial charge in [-0.3, -0.25) is 4.90 Å². The van der Waals surface area contributed by atoms with Gasteiger partial charge in [0.2, 0.25) is 0 Å². The summed E-state index contributed by atoms with van der Waals surface area (Å²) >= 11 is 0. The maximum Gasteiger partial charge on any atom is 0.573 e. The van der Waals surface area contributed by atoms with E-state index in [-0.39, 0.29) is 23.8 Å². The van der Waals surface area contributed by atoms with E-state index in [1.54, 1.807) is 0 Å². The van der Waals surface area contributed by atoms with Crippen LogP contribution in [0.4, 0.5) is 41.2 Å². The number of anilines is 1. The van der Waals surface area contributed by atoms with E-state index in [1.165, 1.54) is 30.0 Å². The highest BCUT2D eigenvalue weighted by Crippen LogP contribution is 2.39. The zero-order valence-electron chi connectivity index (χ0n) is 25.4. The van der Waals surface area contributed by atoms with E-state index in [2.05, 4.69) is 18.6 Å². The SMILES string of the molecule is CCN(CCCCC1OCC(C)(C)CO1)c1ccc(OC(F)(F)F)cc1CN1C(=O)O[C@H](c2cc(F)cc(C(F)(F)F)c2)[C@@H]1C. The van der Waals surface area contributed by atoms with Crippen molar-refractivity contribution >= 4 is 11.8 Å². The number of carbonyl (C=O) groups is 1. The van der Waals surface area contributed by atoms with Crippen LogP contribution in [-0.4, -0.2) is 56.0 Å². The topological polar surface area (TPSA) is 60.5 Å². The summed E-state index contributed by atoms with van der Waals surface area (Å²) in [7, 11) is 0. The third-order valence-corrected chi connectivity index (χ3v) is 7.75. The van der Waals surface area contributed by atoms with Crippen molar-refractivity contribution in [3.63, 3.8) is 0 Å². The lowest BCUT2D eigenvalue weighted by molar-refractivity contribution is -0.274. The normalized spacial score (nSPS) is 20.8. The van der Waals surface area contributed by atoms with E-state index in [0.717, 1.165) is 12.5 Å². The first-order chi connectivity index (χ1) is 21.0. The zero-order chi connectivity index (χ0) is 33.2. The number of ether oxygens (including phenoxy) is 4. The van der Waals surface area contributed by atoms with Crippen molar-refractivity contribution in [1.29, 1.82) is 0 Å². The predicted molar refractivity (Wildman–Crippen MR) is 150 cm³/mol. The van der Waals surface area contributed by atoms with Crippen molar-refractivity contribution in [3.8, 4) is 5.75 Å². The smallest absolute Gasteiger partial charge is 0.439 e. The molecule has 2 atom stereocenters. The average molecular weight is 651 g/mol. The fraction of sp³-hybridized carbons (Fsp3) is 0.581. The second-order valence-electron chi connectivity index (χ2n) is 12.1. The number of hydrogen-bond acceptors (Lipinski definition) is 6. The third-order valence-electron chi connectivity index (χ3n) is 7.75. The van der Waals surface area contributed by atoms with Gasteiger partial charge in [-0.2, -0.15) is 13.2 Å². The van der Waals surface area contributed by atoms with Crippen LogP contribution in [0.1, 0.15) is 69.8 Å². The lowest BCUT2D eigenvalue weighted by atomic mass is 9.95. The second kappa shape index (κ2) is 13.6. The number of rotatable bonds is 11. The van der Waals surface area contributed by atoms with Crippen molar-refractivity contribution in [3.05, 3.63) is 58.9 Å². The van der Waals surface area contributed by atoms with Gasteiger partial charge in [-0.15, -0.1) is 13.2 Å². The number of halogens is 7. The van der Waals surface area contributed by atoms with E-state index >= 15 is 0 Å². The number of amides is 1. The first-order valence-corrected chi connectivity index (χ1v) is 14.7. The molecule has 0 aliphatic carbocycles. The van der Waals surface area contributed by atoms with Gasteiger partial charge in [0.25, 0.3) is 0 Å². The molecule has 2 saturated heterocycles. The van der Waals surface area contributed by atoms with Crippen LogP contribution in [0.15, 0.2) is 36.4 Å². The minimum absolute atomic E-state index is 0.0452. The van der Waals surface area contributed by atoms with Crippen LogP contribution in [0.2, 0.25) is 0 Å². The molecule has 2 aromatic rings. The number of unbranched alkanes of at least 4 members (excludes halogenated alkanes) is 1. The molecule has 0 radical (unpaired) electrons. The molecule has 7 nitrogen and oxygen atoms in total. The molecule has 0 bridgehead atoms. The second-order valence-corrected chi connectivity index (χ2v) is 12.1. The van der Waals surface area contributed by atoms with Crippen LogP contribution < -0.4 is 9.64 Å². The van der Waals surface area contributed by atoms with Gasteiger partial charge in [-0.25, -0.2) is 9.18 Å². The van der Waals surface area contributed by atoms with Crippen molar-refractivity contribution < 1.29 is 54.5 Å². The Kier molecular flexibility index (Phi) is 10.5. The minimum Gasteiger partial charge on any atom is -0.439 e. The van der Waals surface area contributed by atoms with E-state index in [1.807, 2.05) is 11.8 Å². The number of cyclic esters (lactones) is 1. The van der Waals surface area contributed by atoms with Crippen molar-refractivity contribution in [2.75, 3.05) is 31.2 Å². The van der Waals surface area contributed by atoms with Crippen LogP contribution in [-0.2, 0) is 26.9 Å². The standard InChI is InChI=1S/C31H37F7N2O5/c1-5-39(11-7-6-8-26-42-17-29(3,4)18-43-26)25-10-9-24(45-31(36,37)38)14-21(25)16-40-19(2)27(44-28(40)41)20-12-22(30(33,34)35)15-23(32)13-20/h9-10,12-15,19,26-27H,5-8,11,16-18H2,1-4H3/t19-,27-/m0/s1. The average Bonchev–Trinajstić information content (AvgIpc) is 3.21. The van der Waals surface area contributed by atoms with Gasteiger partial charge in [-0.05, 0) is 80.6 Å². The van der Waals surface area contributed by atoms with Crippen LogP contribution in [0.3, 0.4) is 0 Å². The number of carbonyl (C=O) groups excluding carboxylic acids is 1. The number of hydrogen-bond donors (Lipinski definition) is 0. The van der Waals surface area contributed by atoms with Gasteiger partial charge >= 0.3 is 18.6 Å². The van der Waals surface area contributed by atoms with Gasteiger partial charge in [0, 0.05) is 24.2 Å². The van der Waals surface area contributed by atoms with E-state index in [4.69, 9.17) is 14.2 Å². The number of nitrogens with zero attached hydrogens (tertiary/aromatic N) is 2. The van der Waals surface area contributed by atoms with Crippen molar-refractivity contribution in [2.24, 2.45) is 5.41 Å². The fourth-order valence-electron chi connectivity index (χ4n) is 5.43. The maximum atomic E-state index is 14.1. The number of alkyl halides is 6. The largest absolute Gasteiger partial charge is 0.573 e. The molecule has 250 valence electrons. The Morgan fingerprint density at radius 3 is 2.33 bits per heavy atom. The first kappa shape index (κ1) is 34.6. The van der Waals surface area contributed by atoms with Crippen LogP contribution in [0.25, 0.3) is 0 Å². The van der Waals surface area contributed by atoms with Gasteiger partial charge < -0.3 is 23.8 Å². The van der Waals surface area contributed by atoms with Crippen LogP contribution in [0.5, 0.6) is 5.75 Å². The Balaban J connectivity index is 1.52. The van der Waals surface area contributed by atoms with E-state index in [9.17, 15) is 35.5 Å². The summed E-state index contributed by atoms with van der Waals surface area (Å²) in [6, 6.07) is 4.87. The highest BCUT2D eigenvalue weighted by atomic mass is 19.4. The molecule has 2 aromatic carbocycles. The molecular formula is C31H37F7N2O5. The lowest BCUT2D eigenvalue weighted by Crippen LogP contribution is -2.37. The molecule has 0 spiro atoms. The number of benzene rings is 2. The molecule has 1 amide bonds. The first-order valence-electron chi connectivity index (χ1n) is 14.7. The Bertz CT molecular complexity index is 1320. The molecule has 2 heterocycles. The molecule has 2 aliphatic heterocycles.